The molecule has 2 heteroatoms. The molecule has 0 spiro atoms. The zero-order valence-corrected chi connectivity index (χ0v) is 7.79. The molecule has 0 fully saturated rings. The first kappa shape index (κ1) is 7.80. The molecule has 1 aromatic carbocycles. The minimum Gasteiger partial charge on any atom is -0.351 e. The van der Waals surface area contributed by atoms with Gasteiger partial charge in [0.25, 0.3) is 5.91 Å². The van der Waals surface area contributed by atoms with Crippen molar-refractivity contribution in [3.8, 4) is 0 Å². The van der Waals surface area contributed by atoms with Crippen LogP contribution in [0.1, 0.15) is 33.8 Å². The van der Waals surface area contributed by atoms with Crippen molar-refractivity contribution in [2.24, 2.45) is 0 Å². The Hall–Kier alpha value is -1.57. The SMILES string of the molecule is O=C1NCC2CC=Cc3cccc1c32. The van der Waals surface area contributed by atoms with E-state index in [0.29, 0.717) is 5.92 Å². The van der Waals surface area contributed by atoms with Gasteiger partial charge in [0, 0.05) is 18.0 Å². The van der Waals surface area contributed by atoms with Crippen LogP contribution in [0.25, 0.3) is 6.08 Å². The Bertz CT molecular complexity index is 434. The number of amides is 1. The van der Waals surface area contributed by atoms with Crippen molar-refractivity contribution in [1.82, 2.24) is 5.32 Å². The monoisotopic (exact) mass is 185 g/mol. The largest absolute Gasteiger partial charge is 0.351 e. The van der Waals surface area contributed by atoms with Gasteiger partial charge in [0.15, 0.2) is 0 Å². The lowest BCUT2D eigenvalue weighted by Gasteiger charge is -2.28. The molecule has 14 heavy (non-hydrogen) atoms. The molecule has 0 aromatic heterocycles. The number of hydrogen-bond acceptors (Lipinski definition) is 1. The molecule has 1 amide bonds. The first-order valence-corrected chi connectivity index (χ1v) is 4.94. The summed E-state index contributed by atoms with van der Waals surface area (Å²) in [5, 5.41) is 2.93. The summed E-state index contributed by atoms with van der Waals surface area (Å²) >= 11 is 0. The predicted octanol–water partition coefficient (Wildman–Crippen LogP) is 1.93. The summed E-state index contributed by atoms with van der Waals surface area (Å²) in [4.78, 5) is 11.6. The third kappa shape index (κ3) is 0.939. The normalized spacial score (nSPS) is 22.9. The second kappa shape index (κ2) is 2.71. The van der Waals surface area contributed by atoms with Gasteiger partial charge in [-0.15, -0.1) is 0 Å². The van der Waals surface area contributed by atoms with Gasteiger partial charge >= 0.3 is 0 Å². The highest BCUT2D eigenvalue weighted by Gasteiger charge is 2.27. The molecule has 2 aliphatic rings. The Morgan fingerprint density at radius 3 is 3.21 bits per heavy atom. The van der Waals surface area contributed by atoms with Gasteiger partial charge in [0.05, 0.1) is 0 Å². The average molecular weight is 185 g/mol. The van der Waals surface area contributed by atoms with Gasteiger partial charge in [-0.25, -0.2) is 0 Å². The van der Waals surface area contributed by atoms with Crippen molar-refractivity contribution in [2.45, 2.75) is 12.3 Å². The highest BCUT2D eigenvalue weighted by molar-refractivity contribution is 5.98. The van der Waals surface area contributed by atoms with E-state index in [-0.39, 0.29) is 5.91 Å². The lowest BCUT2D eigenvalue weighted by Crippen LogP contribution is -2.35. The van der Waals surface area contributed by atoms with Crippen molar-refractivity contribution >= 4 is 12.0 Å². The van der Waals surface area contributed by atoms with Gasteiger partial charge in [-0.2, -0.15) is 0 Å². The van der Waals surface area contributed by atoms with Gasteiger partial charge in [0.1, 0.15) is 0 Å². The number of nitrogens with one attached hydrogen (secondary N) is 1. The smallest absolute Gasteiger partial charge is 0.251 e. The first-order valence-electron chi connectivity index (χ1n) is 4.94. The van der Waals surface area contributed by atoms with Crippen LogP contribution in [0.5, 0.6) is 0 Å². The molecule has 0 bridgehead atoms. The molecule has 2 nitrogen and oxygen atoms in total. The minimum absolute atomic E-state index is 0.0772. The maximum Gasteiger partial charge on any atom is 0.251 e. The van der Waals surface area contributed by atoms with Crippen LogP contribution in [-0.2, 0) is 0 Å². The quantitative estimate of drug-likeness (QED) is 0.657. The number of carbonyl (C=O) groups excluding carboxylic acids is 1. The third-order valence-electron chi connectivity index (χ3n) is 3.02. The van der Waals surface area contributed by atoms with E-state index in [1.807, 2.05) is 12.1 Å². The van der Waals surface area contributed by atoms with E-state index in [4.69, 9.17) is 0 Å². The summed E-state index contributed by atoms with van der Waals surface area (Å²) in [5.41, 5.74) is 3.33. The van der Waals surface area contributed by atoms with Crippen molar-refractivity contribution in [2.75, 3.05) is 6.54 Å². The number of carbonyl (C=O) groups is 1. The maximum atomic E-state index is 11.6. The maximum absolute atomic E-state index is 11.6. The molecule has 0 saturated carbocycles. The molecule has 0 radical (unpaired) electrons. The van der Waals surface area contributed by atoms with Crippen molar-refractivity contribution in [3.05, 3.63) is 41.0 Å². The van der Waals surface area contributed by atoms with Crippen LogP contribution in [0.3, 0.4) is 0 Å². The number of rotatable bonds is 0. The lowest BCUT2D eigenvalue weighted by molar-refractivity contribution is 0.0940. The molecule has 70 valence electrons. The predicted molar refractivity (Wildman–Crippen MR) is 55.2 cm³/mol. The molecule has 1 unspecified atom stereocenters. The Kier molecular flexibility index (Phi) is 1.51. The first-order chi connectivity index (χ1) is 6.86. The van der Waals surface area contributed by atoms with E-state index in [1.165, 1.54) is 11.1 Å². The van der Waals surface area contributed by atoms with Crippen molar-refractivity contribution in [3.63, 3.8) is 0 Å². The van der Waals surface area contributed by atoms with Crippen LogP contribution < -0.4 is 5.32 Å². The number of benzene rings is 1. The van der Waals surface area contributed by atoms with Crippen molar-refractivity contribution < 1.29 is 4.79 Å². The van der Waals surface area contributed by atoms with Crippen molar-refractivity contribution in [1.29, 1.82) is 0 Å². The van der Waals surface area contributed by atoms with E-state index in [1.54, 1.807) is 0 Å². The number of allylic oxidation sites excluding steroid dienone is 1. The van der Waals surface area contributed by atoms with Crippen LogP contribution in [-0.4, -0.2) is 12.5 Å². The van der Waals surface area contributed by atoms with Crippen LogP contribution in [0.4, 0.5) is 0 Å². The fraction of sp³-hybridized carbons (Fsp3) is 0.250. The zero-order chi connectivity index (χ0) is 9.54. The summed E-state index contributed by atoms with van der Waals surface area (Å²) in [6.07, 6.45) is 5.35. The van der Waals surface area contributed by atoms with Crippen LogP contribution in [0.2, 0.25) is 0 Å². The minimum atomic E-state index is 0.0772. The fourth-order valence-electron chi connectivity index (χ4n) is 2.36. The van der Waals surface area contributed by atoms with E-state index >= 15 is 0 Å². The van der Waals surface area contributed by atoms with E-state index < -0.39 is 0 Å². The van der Waals surface area contributed by atoms with Crippen LogP contribution in [0, 0.1) is 0 Å². The summed E-state index contributed by atoms with van der Waals surface area (Å²) < 4.78 is 0. The molecule has 1 atom stereocenters. The standard InChI is InChI=1S/C12H11NO/c14-12-10-6-2-4-8-3-1-5-9(7-13-12)11(8)10/h1-4,6,9H,5,7H2,(H,13,14). The Balaban J connectivity index is 2.29. The Morgan fingerprint density at radius 2 is 2.29 bits per heavy atom. The highest BCUT2D eigenvalue weighted by Crippen LogP contribution is 2.34. The Morgan fingerprint density at radius 1 is 1.36 bits per heavy atom. The molecule has 1 aromatic rings. The zero-order valence-electron chi connectivity index (χ0n) is 7.79. The van der Waals surface area contributed by atoms with E-state index in [2.05, 4.69) is 23.5 Å². The number of hydrogen-bond donors (Lipinski definition) is 1. The van der Waals surface area contributed by atoms with E-state index in [0.717, 1.165) is 18.5 Å². The van der Waals surface area contributed by atoms with Gasteiger partial charge < -0.3 is 5.32 Å². The summed E-state index contributed by atoms with van der Waals surface area (Å²) in [6, 6.07) is 5.95. The lowest BCUT2D eigenvalue weighted by atomic mass is 9.81. The summed E-state index contributed by atoms with van der Waals surface area (Å²) in [6.45, 7) is 0.785. The highest BCUT2D eigenvalue weighted by atomic mass is 16.1. The summed E-state index contributed by atoms with van der Waals surface area (Å²) in [7, 11) is 0. The second-order valence-electron chi connectivity index (χ2n) is 3.85. The molecule has 3 rings (SSSR count). The molecule has 1 N–H and O–H groups in total. The van der Waals surface area contributed by atoms with Gasteiger partial charge in [-0.05, 0) is 23.6 Å². The fourth-order valence-corrected chi connectivity index (χ4v) is 2.36. The third-order valence-corrected chi connectivity index (χ3v) is 3.02. The summed E-state index contributed by atoms with van der Waals surface area (Å²) in [5.74, 6) is 0.567. The molecule has 0 saturated heterocycles. The molecule has 1 aliphatic carbocycles. The topological polar surface area (TPSA) is 29.1 Å². The molecule has 1 heterocycles. The van der Waals surface area contributed by atoms with Gasteiger partial charge in [0.2, 0.25) is 0 Å². The van der Waals surface area contributed by atoms with Gasteiger partial charge in [-0.1, -0.05) is 24.3 Å². The van der Waals surface area contributed by atoms with Crippen LogP contribution in [0.15, 0.2) is 24.3 Å². The molecular weight excluding hydrogens is 174 g/mol. The molecule has 1 aliphatic heterocycles. The van der Waals surface area contributed by atoms with Crippen LogP contribution >= 0.6 is 0 Å². The Labute approximate surface area is 82.6 Å². The van der Waals surface area contributed by atoms with E-state index in [9.17, 15) is 4.79 Å². The second-order valence-corrected chi connectivity index (χ2v) is 3.85. The molecular formula is C12H11NO. The average Bonchev–Trinajstić information content (AvgIpc) is 2.24. The van der Waals surface area contributed by atoms with Gasteiger partial charge in [-0.3, -0.25) is 4.79 Å².